The first kappa shape index (κ1) is 10.4. The Morgan fingerprint density at radius 3 is 2.53 bits per heavy atom. The van der Waals surface area contributed by atoms with E-state index in [1.165, 1.54) is 0 Å². The number of rotatable bonds is 4. The first-order chi connectivity index (χ1) is 7.19. The first-order valence-corrected chi connectivity index (χ1v) is 5.57. The van der Waals surface area contributed by atoms with E-state index < -0.39 is 0 Å². The van der Waals surface area contributed by atoms with Crippen LogP contribution in [0.5, 0.6) is 0 Å². The Hall–Kier alpha value is -1.10. The van der Waals surface area contributed by atoms with Gasteiger partial charge in [-0.25, -0.2) is 0 Å². The van der Waals surface area contributed by atoms with Crippen LogP contribution in [0.4, 0.5) is 5.95 Å². The molecular formula is C10H18N4O. The average Bonchev–Trinajstić information content (AvgIpc) is 2.66. The maximum atomic E-state index is 6.11. The second-order valence-corrected chi connectivity index (χ2v) is 4.08. The Morgan fingerprint density at radius 2 is 2.07 bits per heavy atom. The van der Waals surface area contributed by atoms with E-state index in [-0.39, 0.29) is 5.54 Å². The third-order valence-electron chi connectivity index (χ3n) is 3.13. The molecule has 1 aliphatic rings. The normalized spacial score (nSPS) is 18.6. The highest BCUT2D eigenvalue weighted by Gasteiger charge is 2.40. The maximum Gasteiger partial charge on any atom is 0.266 e. The van der Waals surface area contributed by atoms with Crippen LogP contribution in [-0.4, -0.2) is 23.2 Å². The van der Waals surface area contributed by atoms with Crippen molar-refractivity contribution in [2.75, 3.05) is 18.0 Å². The van der Waals surface area contributed by atoms with Crippen molar-refractivity contribution in [3.8, 4) is 0 Å². The fourth-order valence-electron chi connectivity index (χ4n) is 1.82. The molecule has 2 rings (SSSR count). The minimum Gasteiger partial charge on any atom is -0.339 e. The van der Waals surface area contributed by atoms with Crippen LogP contribution in [0.25, 0.3) is 0 Å². The second-order valence-electron chi connectivity index (χ2n) is 4.08. The number of nitrogens with two attached hydrogens (primary N) is 1. The van der Waals surface area contributed by atoms with Crippen molar-refractivity contribution in [2.45, 2.75) is 38.6 Å². The number of anilines is 1. The molecule has 0 amide bonds. The van der Waals surface area contributed by atoms with E-state index in [1.54, 1.807) is 0 Å². The summed E-state index contributed by atoms with van der Waals surface area (Å²) in [4.78, 5) is 6.42. The van der Waals surface area contributed by atoms with Gasteiger partial charge < -0.3 is 15.2 Å². The van der Waals surface area contributed by atoms with Gasteiger partial charge in [-0.2, -0.15) is 4.98 Å². The van der Waals surface area contributed by atoms with Crippen LogP contribution in [-0.2, 0) is 5.54 Å². The molecule has 5 nitrogen and oxygen atoms in total. The summed E-state index contributed by atoms with van der Waals surface area (Å²) in [5.41, 5.74) is 5.76. The quantitative estimate of drug-likeness (QED) is 0.810. The lowest BCUT2D eigenvalue weighted by atomic mass is 9.78. The summed E-state index contributed by atoms with van der Waals surface area (Å²) in [5, 5.41) is 3.97. The zero-order chi connectivity index (χ0) is 10.9. The zero-order valence-electron chi connectivity index (χ0n) is 9.36. The Kier molecular flexibility index (Phi) is 2.65. The maximum absolute atomic E-state index is 6.11. The van der Waals surface area contributed by atoms with Gasteiger partial charge in [0.2, 0.25) is 5.89 Å². The summed E-state index contributed by atoms with van der Waals surface area (Å²) in [5.74, 6) is 1.25. The van der Waals surface area contributed by atoms with Crippen molar-refractivity contribution in [3.05, 3.63) is 5.89 Å². The zero-order valence-corrected chi connectivity index (χ0v) is 9.36. The van der Waals surface area contributed by atoms with E-state index in [1.807, 2.05) is 0 Å². The van der Waals surface area contributed by atoms with Crippen LogP contribution >= 0.6 is 0 Å². The number of hydrogen-bond acceptors (Lipinski definition) is 5. The summed E-state index contributed by atoms with van der Waals surface area (Å²) < 4.78 is 5.23. The molecule has 2 N–H and O–H groups in total. The third kappa shape index (κ3) is 1.71. The molecule has 0 radical (unpaired) electrons. The summed E-state index contributed by atoms with van der Waals surface area (Å²) in [6.45, 7) is 5.91. The number of hydrogen-bond donors (Lipinski definition) is 1. The molecule has 1 fully saturated rings. The van der Waals surface area contributed by atoms with E-state index in [4.69, 9.17) is 10.3 Å². The van der Waals surface area contributed by atoms with Crippen molar-refractivity contribution in [1.82, 2.24) is 10.1 Å². The largest absolute Gasteiger partial charge is 0.339 e. The summed E-state index contributed by atoms with van der Waals surface area (Å²) in [6, 6.07) is 0. The van der Waals surface area contributed by atoms with Gasteiger partial charge in [-0.3, -0.25) is 0 Å². The van der Waals surface area contributed by atoms with E-state index in [2.05, 4.69) is 28.9 Å². The monoisotopic (exact) mass is 210 g/mol. The minimum atomic E-state index is -0.349. The highest BCUT2D eigenvalue weighted by Crippen LogP contribution is 2.38. The number of aromatic nitrogens is 2. The van der Waals surface area contributed by atoms with Crippen LogP contribution < -0.4 is 10.6 Å². The topological polar surface area (TPSA) is 68.2 Å². The van der Waals surface area contributed by atoms with E-state index >= 15 is 0 Å². The van der Waals surface area contributed by atoms with Crippen molar-refractivity contribution >= 4 is 5.95 Å². The molecule has 0 bridgehead atoms. The molecule has 0 aliphatic heterocycles. The van der Waals surface area contributed by atoms with Gasteiger partial charge in [0.05, 0.1) is 5.54 Å². The molecule has 1 aromatic heterocycles. The smallest absolute Gasteiger partial charge is 0.266 e. The Balaban J connectivity index is 2.16. The van der Waals surface area contributed by atoms with Crippen LogP contribution in [0.2, 0.25) is 0 Å². The second kappa shape index (κ2) is 3.81. The van der Waals surface area contributed by atoms with Crippen LogP contribution in [0.3, 0.4) is 0 Å². The molecule has 0 spiro atoms. The average molecular weight is 210 g/mol. The molecule has 15 heavy (non-hydrogen) atoms. The molecule has 0 saturated heterocycles. The van der Waals surface area contributed by atoms with Crippen molar-refractivity contribution in [1.29, 1.82) is 0 Å². The predicted molar refractivity (Wildman–Crippen MR) is 57.6 cm³/mol. The van der Waals surface area contributed by atoms with Crippen molar-refractivity contribution < 1.29 is 4.52 Å². The van der Waals surface area contributed by atoms with Crippen molar-refractivity contribution in [3.63, 3.8) is 0 Å². The van der Waals surface area contributed by atoms with Crippen LogP contribution in [0.15, 0.2) is 4.52 Å². The summed E-state index contributed by atoms with van der Waals surface area (Å²) in [6.07, 6.45) is 3.05. The third-order valence-corrected chi connectivity index (χ3v) is 3.13. The van der Waals surface area contributed by atoms with Crippen LogP contribution in [0.1, 0.15) is 39.0 Å². The number of nitrogens with zero attached hydrogens (tertiary/aromatic N) is 3. The minimum absolute atomic E-state index is 0.349. The van der Waals surface area contributed by atoms with E-state index in [0.717, 1.165) is 32.4 Å². The summed E-state index contributed by atoms with van der Waals surface area (Å²) in [7, 11) is 0. The van der Waals surface area contributed by atoms with E-state index in [0.29, 0.717) is 11.8 Å². The van der Waals surface area contributed by atoms with Crippen molar-refractivity contribution in [2.24, 2.45) is 5.73 Å². The molecule has 5 heteroatoms. The summed E-state index contributed by atoms with van der Waals surface area (Å²) >= 11 is 0. The molecule has 0 atom stereocenters. The fourth-order valence-corrected chi connectivity index (χ4v) is 1.82. The van der Waals surface area contributed by atoms with E-state index in [9.17, 15) is 0 Å². The van der Waals surface area contributed by atoms with Gasteiger partial charge in [0, 0.05) is 13.1 Å². The molecule has 0 unspecified atom stereocenters. The SMILES string of the molecule is CCN(CC)c1noc(C2(N)CCC2)n1. The fraction of sp³-hybridized carbons (Fsp3) is 0.800. The lowest BCUT2D eigenvalue weighted by Gasteiger charge is -2.33. The van der Waals surface area contributed by atoms with Gasteiger partial charge in [-0.15, -0.1) is 0 Å². The first-order valence-electron chi connectivity index (χ1n) is 5.57. The van der Waals surface area contributed by atoms with Gasteiger partial charge in [0.25, 0.3) is 5.95 Å². The molecule has 1 saturated carbocycles. The van der Waals surface area contributed by atoms with Gasteiger partial charge >= 0.3 is 0 Å². The predicted octanol–water partition coefficient (Wildman–Crippen LogP) is 1.25. The van der Waals surface area contributed by atoms with Crippen LogP contribution in [0, 0.1) is 0 Å². The molecule has 1 heterocycles. The Labute approximate surface area is 89.6 Å². The Morgan fingerprint density at radius 1 is 1.40 bits per heavy atom. The molecule has 1 aromatic rings. The lowest BCUT2D eigenvalue weighted by Crippen LogP contribution is -2.43. The molecule has 1 aliphatic carbocycles. The van der Waals surface area contributed by atoms with Gasteiger partial charge in [-0.05, 0) is 38.3 Å². The Bertz CT molecular complexity index is 328. The van der Waals surface area contributed by atoms with Gasteiger partial charge in [0.1, 0.15) is 0 Å². The highest BCUT2D eigenvalue weighted by atomic mass is 16.5. The molecular weight excluding hydrogens is 192 g/mol. The lowest BCUT2D eigenvalue weighted by molar-refractivity contribution is 0.181. The van der Waals surface area contributed by atoms with Gasteiger partial charge in [0.15, 0.2) is 0 Å². The molecule has 0 aromatic carbocycles. The van der Waals surface area contributed by atoms with Gasteiger partial charge in [-0.1, -0.05) is 0 Å². The molecule has 84 valence electrons. The standard InChI is InChI=1S/C10H18N4O/c1-3-14(4-2)9-12-8(15-13-9)10(11)6-5-7-10/h3-7,11H2,1-2H3. The highest BCUT2D eigenvalue weighted by molar-refractivity contribution is 5.28.